The van der Waals surface area contributed by atoms with Crippen LogP contribution in [0.2, 0.25) is 0 Å². The summed E-state index contributed by atoms with van der Waals surface area (Å²) < 4.78 is 51.6. The van der Waals surface area contributed by atoms with Gasteiger partial charge in [-0.15, -0.1) is 0 Å². The monoisotopic (exact) mass is 207 g/mol. The van der Waals surface area contributed by atoms with Gasteiger partial charge in [0.1, 0.15) is 12.0 Å². The largest absolute Gasteiger partial charge is 0.330 e. The summed E-state index contributed by atoms with van der Waals surface area (Å²) in [5.74, 6) is -3.84. The molecular formula is C9H9F4N. The molecule has 1 rings (SSSR count). The number of halogens is 4. The third-order valence-electron chi connectivity index (χ3n) is 1.81. The Labute approximate surface area is 78.5 Å². The highest BCUT2D eigenvalue weighted by molar-refractivity contribution is 5.23. The highest BCUT2D eigenvalue weighted by atomic mass is 19.2. The minimum Gasteiger partial charge on any atom is -0.330 e. The van der Waals surface area contributed by atoms with Crippen LogP contribution in [0.1, 0.15) is 18.2 Å². The molecule has 2 N–H and O–H groups in total. The van der Waals surface area contributed by atoms with Gasteiger partial charge in [0.2, 0.25) is 0 Å². The van der Waals surface area contributed by atoms with Crippen molar-refractivity contribution in [2.24, 2.45) is 5.73 Å². The van der Waals surface area contributed by atoms with Crippen molar-refractivity contribution in [2.45, 2.75) is 12.6 Å². The Bertz CT molecular complexity index is 327. The lowest BCUT2D eigenvalue weighted by molar-refractivity contribution is 0.301. The number of hydrogen-bond donors (Lipinski definition) is 1. The van der Waals surface area contributed by atoms with Crippen LogP contribution in [-0.4, -0.2) is 6.54 Å². The molecule has 0 aliphatic rings. The molecule has 0 heterocycles. The Kier molecular flexibility index (Phi) is 3.46. The quantitative estimate of drug-likeness (QED) is 0.598. The molecule has 1 aromatic carbocycles. The van der Waals surface area contributed by atoms with Crippen molar-refractivity contribution in [1.82, 2.24) is 0 Å². The van der Waals surface area contributed by atoms with Gasteiger partial charge in [0.25, 0.3) is 0 Å². The molecule has 0 aromatic heterocycles. The van der Waals surface area contributed by atoms with E-state index in [-0.39, 0.29) is 13.0 Å². The Hall–Kier alpha value is -1.10. The van der Waals surface area contributed by atoms with Gasteiger partial charge in [-0.25, -0.2) is 17.6 Å². The van der Waals surface area contributed by atoms with Gasteiger partial charge in [-0.3, -0.25) is 0 Å². The normalized spacial score (nSPS) is 12.9. The number of nitrogens with two attached hydrogens (primary N) is 1. The molecule has 0 radical (unpaired) electrons. The first-order valence-electron chi connectivity index (χ1n) is 4.05. The predicted octanol–water partition coefficient (Wildman–Crippen LogP) is 2.46. The minimum absolute atomic E-state index is 0.0590. The zero-order chi connectivity index (χ0) is 10.7. The van der Waals surface area contributed by atoms with Crippen molar-refractivity contribution >= 4 is 0 Å². The summed E-state index contributed by atoms with van der Waals surface area (Å²) in [6, 6.07) is 1.31. The smallest absolute Gasteiger partial charge is 0.167 e. The second-order valence-corrected chi connectivity index (χ2v) is 2.80. The standard InChI is InChI=1S/C9H9F4N/c10-5-1-2-7(12)9(13)8(5)6(11)3-4-14/h1-2,6H,3-4,14H2. The Balaban J connectivity index is 3.11. The third-order valence-corrected chi connectivity index (χ3v) is 1.81. The van der Waals surface area contributed by atoms with Crippen LogP contribution in [0, 0.1) is 17.5 Å². The molecule has 0 fully saturated rings. The molecule has 1 unspecified atom stereocenters. The van der Waals surface area contributed by atoms with Gasteiger partial charge in [-0.2, -0.15) is 0 Å². The van der Waals surface area contributed by atoms with Crippen molar-refractivity contribution in [3.63, 3.8) is 0 Å². The lowest BCUT2D eigenvalue weighted by Crippen LogP contribution is -2.08. The van der Waals surface area contributed by atoms with Crippen molar-refractivity contribution in [1.29, 1.82) is 0 Å². The van der Waals surface area contributed by atoms with E-state index in [2.05, 4.69) is 0 Å². The van der Waals surface area contributed by atoms with Crippen LogP contribution in [0.5, 0.6) is 0 Å². The summed E-state index contributed by atoms with van der Waals surface area (Å²) in [5, 5.41) is 0. The summed E-state index contributed by atoms with van der Waals surface area (Å²) in [6.45, 7) is -0.0590. The molecule has 0 bridgehead atoms. The first kappa shape index (κ1) is 11.0. The van der Waals surface area contributed by atoms with Gasteiger partial charge < -0.3 is 5.73 Å². The molecule has 5 heteroatoms. The molecule has 14 heavy (non-hydrogen) atoms. The van der Waals surface area contributed by atoms with E-state index in [0.29, 0.717) is 12.1 Å². The van der Waals surface area contributed by atoms with Crippen LogP contribution >= 0.6 is 0 Å². The van der Waals surface area contributed by atoms with E-state index in [4.69, 9.17) is 5.73 Å². The number of benzene rings is 1. The van der Waals surface area contributed by atoms with Crippen molar-refractivity contribution in [2.75, 3.05) is 6.54 Å². The zero-order valence-corrected chi connectivity index (χ0v) is 7.24. The first-order valence-corrected chi connectivity index (χ1v) is 4.05. The number of rotatable bonds is 3. The topological polar surface area (TPSA) is 26.0 Å². The highest BCUT2D eigenvalue weighted by Crippen LogP contribution is 2.27. The van der Waals surface area contributed by atoms with E-state index in [9.17, 15) is 17.6 Å². The molecule has 78 valence electrons. The molecule has 1 atom stereocenters. The van der Waals surface area contributed by atoms with E-state index < -0.39 is 29.2 Å². The van der Waals surface area contributed by atoms with Gasteiger partial charge in [-0.05, 0) is 25.1 Å². The highest BCUT2D eigenvalue weighted by Gasteiger charge is 2.21. The molecule has 0 saturated carbocycles. The molecule has 1 nitrogen and oxygen atoms in total. The van der Waals surface area contributed by atoms with Gasteiger partial charge in [-0.1, -0.05) is 0 Å². The summed E-state index contributed by atoms with van der Waals surface area (Å²) in [5.41, 5.74) is 4.15. The molecule has 0 spiro atoms. The Morgan fingerprint density at radius 2 is 1.71 bits per heavy atom. The van der Waals surface area contributed by atoms with Gasteiger partial charge in [0.05, 0.1) is 5.56 Å². The summed E-state index contributed by atoms with van der Waals surface area (Å²) in [7, 11) is 0. The molecule has 1 aromatic rings. The van der Waals surface area contributed by atoms with Crippen LogP contribution in [-0.2, 0) is 0 Å². The molecule has 0 aliphatic heterocycles. The van der Waals surface area contributed by atoms with Gasteiger partial charge in [0.15, 0.2) is 11.6 Å². The summed E-state index contributed by atoms with van der Waals surface area (Å²) >= 11 is 0. The first-order chi connectivity index (χ1) is 6.57. The number of hydrogen-bond acceptors (Lipinski definition) is 1. The predicted molar refractivity (Wildman–Crippen MR) is 43.8 cm³/mol. The molecular weight excluding hydrogens is 198 g/mol. The van der Waals surface area contributed by atoms with E-state index in [1.165, 1.54) is 0 Å². The number of alkyl halides is 1. The van der Waals surface area contributed by atoms with Crippen molar-refractivity contribution in [3.8, 4) is 0 Å². The minimum atomic E-state index is -1.91. The van der Waals surface area contributed by atoms with Crippen LogP contribution in [0.25, 0.3) is 0 Å². The SMILES string of the molecule is NCCC(F)c1c(F)ccc(F)c1F. The van der Waals surface area contributed by atoms with E-state index in [0.717, 1.165) is 0 Å². The maximum atomic E-state index is 13.1. The lowest BCUT2D eigenvalue weighted by atomic mass is 10.1. The van der Waals surface area contributed by atoms with Crippen molar-refractivity contribution in [3.05, 3.63) is 35.1 Å². The Morgan fingerprint density at radius 3 is 2.29 bits per heavy atom. The third kappa shape index (κ3) is 2.04. The lowest BCUT2D eigenvalue weighted by Gasteiger charge is -2.09. The van der Waals surface area contributed by atoms with E-state index in [1.54, 1.807) is 0 Å². The maximum absolute atomic E-state index is 13.1. The van der Waals surface area contributed by atoms with Gasteiger partial charge >= 0.3 is 0 Å². The fourth-order valence-electron chi connectivity index (χ4n) is 1.12. The summed E-state index contributed by atoms with van der Waals surface area (Å²) in [4.78, 5) is 0. The van der Waals surface area contributed by atoms with Crippen LogP contribution in [0.15, 0.2) is 12.1 Å². The van der Waals surface area contributed by atoms with E-state index >= 15 is 0 Å². The molecule has 0 aliphatic carbocycles. The second-order valence-electron chi connectivity index (χ2n) is 2.80. The van der Waals surface area contributed by atoms with Crippen molar-refractivity contribution < 1.29 is 17.6 Å². The van der Waals surface area contributed by atoms with Crippen LogP contribution in [0.3, 0.4) is 0 Å². The maximum Gasteiger partial charge on any atom is 0.167 e. The fourth-order valence-corrected chi connectivity index (χ4v) is 1.12. The summed E-state index contributed by atoms with van der Waals surface area (Å²) in [6.07, 6.45) is -2.15. The van der Waals surface area contributed by atoms with E-state index in [1.807, 2.05) is 0 Å². The van der Waals surface area contributed by atoms with Crippen LogP contribution < -0.4 is 5.73 Å². The fraction of sp³-hybridized carbons (Fsp3) is 0.333. The molecule has 0 amide bonds. The molecule has 0 saturated heterocycles. The Morgan fingerprint density at radius 1 is 1.14 bits per heavy atom. The van der Waals surface area contributed by atoms with Gasteiger partial charge in [0, 0.05) is 0 Å². The second kappa shape index (κ2) is 4.41. The van der Waals surface area contributed by atoms with Crippen LogP contribution in [0.4, 0.5) is 17.6 Å². The average molecular weight is 207 g/mol. The average Bonchev–Trinajstić information content (AvgIpc) is 2.13. The zero-order valence-electron chi connectivity index (χ0n) is 7.24.